The zero-order chi connectivity index (χ0) is 23.1. The van der Waals surface area contributed by atoms with Crippen LogP contribution in [0.4, 0.5) is 0 Å². The molecule has 4 bridgehead atoms. The number of esters is 1. The van der Waals surface area contributed by atoms with Gasteiger partial charge in [0.25, 0.3) is 0 Å². The van der Waals surface area contributed by atoms with E-state index in [0.29, 0.717) is 17.8 Å². The van der Waals surface area contributed by atoms with Crippen molar-refractivity contribution in [3.63, 3.8) is 0 Å². The van der Waals surface area contributed by atoms with E-state index in [-0.39, 0.29) is 30.4 Å². The Balaban J connectivity index is 1.58. The minimum absolute atomic E-state index is 0.0409. The van der Waals surface area contributed by atoms with E-state index in [1.54, 1.807) is 0 Å². The summed E-state index contributed by atoms with van der Waals surface area (Å²) in [7, 11) is 0. The molecular formula is C26H39N3O3. The van der Waals surface area contributed by atoms with Crippen LogP contribution in [-0.2, 0) is 20.7 Å². The molecule has 3 heterocycles. The zero-order valence-electron chi connectivity index (χ0n) is 20.2. The fraction of sp³-hybridized carbons (Fsp3) is 0.692. The molecule has 1 saturated carbocycles. The van der Waals surface area contributed by atoms with E-state index in [9.17, 15) is 9.59 Å². The fourth-order valence-electron chi connectivity index (χ4n) is 6.42. The third-order valence-corrected chi connectivity index (χ3v) is 7.32. The topological polar surface area (TPSA) is 70.7 Å². The summed E-state index contributed by atoms with van der Waals surface area (Å²) >= 11 is 0. The quantitative estimate of drug-likeness (QED) is 0.637. The molecule has 3 saturated heterocycles. The number of likely N-dealkylation sites (tertiary alicyclic amines) is 1. The van der Waals surface area contributed by atoms with Gasteiger partial charge in [-0.15, -0.1) is 0 Å². The molecule has 5 atom stereocenters. The van der Waals surface area contributed by atoms with E-state index >= 15 is 0 Å². The molecule has 1 amide bonds. The Kier molecular flexibility index (Phi) is 6.38. The van der Waals surface area contributed by atoms with Gasteiger partial charge >= 0.3 is 5.97 Å². The van der Waals surface area contributed by atoms with Crippen LogP contribution in [0.1, 0.15) is 46.6 Å². The lowest BCUT2D eigenvalue weighted by Crippen LogP contribution is -2.76. The molecule has 2 N–H and O–H groups in total. The summed E-state index contributed by atoms with van der Waals surface area (Å²) in [5, 5.41) is 6.63. The van der Waals surface area contributed by atoms with Crippen molar-refractivity contribution in [3.05, 3.63) is 35.9 Å². The van der Waals surface area contributed by atoms with Crippen LogP contribution in [0.15, 0.2) is 30.3 Å². The number of ether oxygens (including phenoxy) is 1. The molecule has 1 aromatic carbocycles. The van der Waals surface area contributed by atoms with Crippen LogP contribution in [0, 0.1) is 23.7 Å². The Morgan fingerprint density at radius 2 is 1.97 bits per heavy atom. The molecule has 176 valence electrons. The lowest BCUT2D eigenvalue weighted by Gasteiger charge is -2.56. The molecule has 0 radical (unpaired) electrons. The Morgan fingerprint density at radius 3 is 2.62 bits per heavy atom. The number of amides is 1. The third-order valence-electron chi connectivity index (χ3n) is 7.32. The maximum Gasteiger partial charge on any atom is 0.325 e. The van der Waals surface area contributed by atoms with Gasteiger partial charge in [-0.2, -0.15) is 0 Å². The lowest BCUT2D eigenvalue weighted by atomic mass is 9.58. The molecule has 4 fully saturated rings. The standard InChI is InChI=1S/C26H39N3O3/c1-17(2)15-29-16-20-12-19-13-28-26(20,24(31)27-14-22(30)32-25(3,4)5)23(29)21(19)11-18-9-7-6-8-10-18/h6-10,17,19-21,23,28H,11-16H2,1-5H3,(H,27,31)/t19-,20-,21+,23-,26-/m0/s1. The molecule has 1 aromatic rings. The second-order valence-corrected chi connectivity index (χ2v) is 11.4. The third kappa shape index (κ3) is 4.44. The number of piperidine rings is 2. The van der Waals surface area contributed by atoms with Crippen molar-refractivity contribution in [1.82, 2.24) is 15.5 Å². The molecule has 0 unspecified atom stereocenters. The van der Waals surface area contributed by atoms with Gasteiger partial charge in [0, 0.05) is 25.0 Å². The second kappa shape index (κ2) is 8.79. The molecule has 5 rings (SSSR count). The number of hydrogen-bond donors (Lipinski definition) is 2. The van der Waals surface area contributed by atoms with Crippen molar-refractivity contribution in [1.29, 1.82) is 0 Å². The molecular weight excluding hydrogens is 402 g/mol. The van der Waals surface area contributed by atoms with Crippen LogP contribution < -0.4 is 10.6 Å². The van der Waals surface area contributed by atoms with Crippen molar-refractivity contribution < 1.29 is 14.3 Å². The van der Waals surface area contributed by atoms with Crippen LogP contribution in [0.2, 0.25) is 0 Å². The maximum absolute atomic E-state index is 13.7. The molecule has 0 aromatic heterocycles. The van der Waals surface area contributed by atoms with E-state index in [1.165, 1.54) is 5.56 Å². The predicted octanol–water partition coefficient (Wildman–Crippen LogP) is 2.62. The summed E-state index contributed by atoms with van der Waals surface area (Å²) < 4.78 is 5.41. The normalized spacial score (nSPS) is 31.7. The summed E-state index contributed by atoms with van der Waals surface area (Å²) in [6.45, 7) is 12.7. The summed E-state index contributed by atoms with van der Waals surface area (Å²) in [5.41, 5.74) is 0.141. The monoisotopic (exact) mass is 441 g/mol. The molecule has 4 aliphatic rings. The first-order valence-corrected chi connectivity index (χ1v) is 12.1. The summed E-state index contributed by atoms with van der Waals surface area (Å²) in [5.74, 6) is 1.37. The predicted molar refractivity (Wildman–Crippen MR) is 125 cm³/mol. The first-order chi connectivity index (χ1) is 15.1. The Morgan fingerprint density at radius 1 is 1.25 bits per heavy atom. The second-order valence-electron chi connectivity index (χ2n) is 11.4. The largest absolute Gasteiger partial charge is 0.459 e. The lowest BCUT2D eigenvalue weighted by molar-refractivity contribution is -0.155. The zero-order valence-corrected chi connectivity index (χ0v) is 20.2. The van der Waals surface area contributed by atoms with E-state index < -0.39 is 11.1 Å². The molecule has 1 aliphatic carbocycles. The van der Waals surface area contributed by atoms with Gasteiger partial charge in [0.05, 0.1) is 0 Å². The van der Waals surface area contributed by atoms with Gasteiger partial charge in [-0.25, -0.2) is 0 Å². The number of rotatable bonds is 7. The van der Waals surface area contributed by atoms with Crippen molar-refractivity contribution in [2.24, 2.45) is 23.7 Å². The van der Waals surface area contributed by atoms with Crippen molar-refractivity contribution in [2.45, 2.75) is 64.6 Å². The highest BCUT2D eigenvalue weighted by molar-refractivity contribution is 5.91. The average molecular weight is 442 g/mol. The van der Waals surface area contributed by atoms with Gasteiger partial charge in [0.15, 0.2) is 0 Å². The van der Waals surface area contributed by atoms with Gasteiger partial charge in [0.1, 0.15) is 17.7 Å². The average Bonchev–Trinajstić information content (AvgIpc) is 2.96. The number of hydrogen-bond acceptors (Lipinski definition) is 5. The molecule has 6 nitrogen and oxygen atoms in total. The number of fused-ring (bicyclic) bond motifs is 1. The Bertz CT molecular complexity index is 834. The highest BCUT2D eigenvalue weighted by Gasteiger charge is 2.67. The van der Waals surface area contributed by atoms with Crippen LogP contribution in [0.25, 0.3) is 0 Å². The summed E-state index contributed by atoms with van der Waals surface area (Å²) in [6.07, 6.45) is 2.05. The number of carbonyl (C=O) groups excluding carboxylic acids is 2. The molecule has 0 spiro atoms. The smallest absolute Gasteiger partial charge is 0.325 e. The highest BCUT2D eigenvalue weighted by Crippen LogP contribution is 2.53. The van der Waals surface area contributed by atoms with Gasteiger partial charge in [-0.1, -0.05) is 44.2 Å². The SMILES string of the molecule is CC(C)CN1C[C@@H]2C[C@H]3CN[C@]2(C(=O)NCC(=O)OC(C)(C)C)[C@@H]1[C@@H]3Cc1ccccc1. The van der Waals surface area contributed by atoms with E-state index in [0.717, 1.165) is 32.5 Å². The highest BCUT2D eigenvalue weighted by atomic mass is 16.6. The molecule has 32 heavy (non-hydrogen) atoms. The number of benzene rings is 1. The van der Waals surface area contributed by atoms with Gasteiger partial charge in [-0.05, 0) is 63.5 Å². The number of nitrogens with one attached hydrogen (secondary N) is 2. The first kappa shape index (κ1) is 23.2. The first-order valence-electron chi connectivity index (χ1n) is 12.1. The fourth-order valence-corrected chi connectivity index (χ4v) is 6.42. The summed E-state index contributed by atoms with van der Waals surface area (Å²) in [6, 6.07) is 10.8. The van der Waals surface area contributed by atoms with Crippen LogP contribution >= 0.6 is 0 Å². The van der Waals surface area contributed by atoms with Crippen LogP contribution in [-0.4, -0.2) is 60.1 Å². The molecule has 3 aliphatic heterocycles. The van der Waals surface area contributed by atoms with E-state index in [2.05, 4.69) is 59.7 Å². The van der Waals surface area contributed by atoms with Gasteiger partial charge < -0.3 is 15.4 Å². The Hall–Kier alpha value is -1.92. The minimum Gasteiger partial charge on any atom is -0.459 e. The number of nitrogens with zero attached hydrogens (tertiary/aromatic N) is 1. The van der Waals surface area contributed by atoms with E-state index in [4.69, 9.17) is 4.74 Å². The number of carbonyl (C=O) groups is 2. The van der Waals surface area contributed by atoms with Gasteiger partial charge in [-0.3, -0.25) is 14.5 Å². The van der Waals surface area contributed by atoms with Crippen molar-refractivity contribution >= 4 is 11.9 Å². The maximum atomic E-state index is 13.7. The molecule has 6 heteroatoms. The van der Waals surface area contributed by atoms with Crippen molar-refractivity contribution in [3.8, 4) is 0 Å². The van der Waals surface area contributed by atoms with Gasteiger partial charge in [0.2, 0.25) is 5.91 Å². The van der Waals surface area contributed by atoms with Crippen LogP contribution in [0.5, 0.6) is 0 Å². The minimum atomic E-state index is -0.634. The summed E-state index contributed by atoms with van der Waals surface area (Å²) in [4.78, 5) is 28.6. The van der Waals surface area contributed by atoms with E-state index in [1.807, 2.05) is 20.8 Å². The van der Waals surface area contributed by atoms with Crippen LogP contribution in [0.3, 0.4) is 0 Å². The van der Waals surface area contributed by atoms with Crippen molar-refractivity contribution in [2.75, 3.05) is 26.2 Å². The Labute approximate surface area is 192 Å².